The van der Waals surface area contributed by atoms with Gasteiger partial charge in [-0.1, -0.05) is 12.1 Å². The van der Waals surface area contributed by atoms with Gasteiger partial charge in [-0.25, -0.2) is 0 Å². The Labute approximate surface area is 150 Å². The zero-order valence-electron chi connectivity index (χ0n) is 14.3. The quantitative estimate of drug-likeness (QED) is 0.580. The Morgan fingerprint density at radius 2 is 2.00 bits per heavy atom. The lowest BCUT2D eigenvalue weighted by Gasteiger charge is -2.33. The third-order valence-corrected chi connectivity index (χ3v) is 4.81. The minimum atomic E-state index is -0.211. The summed E-state index contributed by atoms with van der Waals surface area (Å²) >= 11 is 0. The van der Waals surface area contributed by atoms with Crippen molar-refractivity contribution in [2.75, 3.05) is 23.3 Å². The predicted octanol–water partition coefficient (Wildman–Crippen LogP) is 2.45. The number of anilines is 2. The van der Waals surface area contributed by atoms with Crippen LogP contribution in [-0.2, 0) is 0 Å². The summed E-state index contributed by atoms with van der Waals surface area (Å²) in [6, 6.07) is 12.7. The van der Waals surface area contributed by atoms with Crippen LogP contribution in [0.25, 0.3) is 10.9 Å². The van der Waals surface area contributed by atoms with Crippen LogP contribution in [0.2, 0.25) is 0 Å². The molecule has 26 heavy (non-hydrogen) atoms. The van der Waals surface area contributed by atoms with E-state index in [0.29, 0.717) is 16.9 Å². The van der Waals surface area contributed by atoms with E-state index in [1.165, 1.54) is 0 Å². The average Bonchev–Trinajstić information content (AvgIpc) is 3.04. The topological polar surface area (TPSA) is 107 Å². The Bertz CT molecular complexity index is 944. The van der Waals surface area contributed by atoms with Gasteiger partial charge in [0.15, 0.2) is 5.82 Å². The van der Waals surface area contributed by atoms with Gasteiger partial charge in [-0.15, -0.1) is 0 Å². The first-order valence-electron chi connectivity index (χ1n) is 8.70. The molecule has 4 rings (SSSR count). The van der Waals surface area contributed by atoms with E-state index in [4.69, 9.17) is 5.73 Å². The van der Waals surface area contributed by atoms with Crippen LogP contribution in [0.15, 0.2) is 42.5 Å². The molecule has 0 aliphatic carbocycles. The zero-order chi connectivity index (χ0) is 18.1. The maximum absolute atomic E-state index is 12.9. The fourth-order valence-corrected chi connectivity index (χ4v) is 3.36. The van der Waals surface area contributed by atoms with Crippen molar-refractivity contribution in [3.63, 3.8) is 0 Å². The highest BCUT2D eigenvalue weighted by molar-refractivity contribution is 6.10. The number of carbonyl (C=O) groups excluding carboxylic acids is 1. The molecule has 1 amide bonds. The molecule has 3 aromatic rings. The molecule has 1 saturated heterocycles. The summed E-state index contributed by atoms with van der Waals surface area (Å²) in [5, 5.41) is 20.1. The number of carbonyl (C=O) groups is 1. The van der Waals surface area contributed by atoms with Gasteiger partial charge in [-0.3, -0.25) is 9.89 Å². The Hall–Kier alpha value is -3.06. The van der Waals surface area contributed by atoms with Gasteiger partial charge in [-0.2, -0.15) is 5.10 Å². The number of aromatic amines is 1. The number of benzene rings is 2. The number of hydrogen-bond acceptors (Lipinski definition) is 5. The van der Waals surface area contributed by atoms with Gasteiger partial charge in [0.2, 0.25) is 0 Å². The molecule has 0 bridgehead atoms. The van der Waals surface area contributed by atoms with E-state index in [0.717, 1.165) is 37.0 Å². The summed E-state index contributed by atoms with van der Waals surface area (Å²) in [5.41, 5.74) is 8.18. The Kier molecular flexibility index (Phi) is 4.22. The highest BCUT2D eigenvalue weighted by Crippen LogP contribution is 2.27. The number of amides is 1. The summed E-state index contributed by atoms with van der Waals surface area (Å²) in [5.74, 6) is 0.380. The number of phenols is 1. The fourth-order valence-electron chi connectivity index (χ4n) is 3.36. The normalized spacial score (nSPS) is 15.3. The predicted molar refractivity (Wildman–Crippen MR) is 102 cm³/mol. The number of piperidine rings is 1. The van der Waals surface area contributed by atoms with Crippen LogP contribution < -0.4 is 16.0 Å². The van der Waals surface area contributed by atoms with Gasteiger partial charge >= 0.3 is 0 Å². The van der Waals surface area contributed by atoms with Crippen molar-refractivity contribution in [1.29, 1.82) is 0 Å². The molecule has 5 N–H and O–H groups in total. The van der Waals surface area contributed by atoms with Crippen LogP contribution >= 0.6 is 0 Å². The number of hydrogen-bond donors (Lipinski definition) is 4. The molecule has 1 aliphatic heterocycles. The summed E-state index contributed by atoms with van der Waals surface area (Å²) in [4.78, 5) is 15.1. The fraction of sp³-hybridized carbons (Fsp3) is 0.263. The van der Waals surface area contributed by atoms with Crippen molar-refractivity contribution in [3.05, 3.63) is 48.0 Å². The highest BCUT2D eigenvalue weighted by atomic mass is 16.3. The largest absolute Gasteiger partial charge is 0.508 e. The zero-order valence-corrected chi connectivity index (χ0v) is 14.3. The molecule has 1 aromatic heterocycles. The summed E-state index contributed by atoms with van der Waals surface area (Å²) in [7, 11) is 0. The molecular weight excluding hydrogens is 330 g/mol. The van der Waals surface area contributed by atoms with Crippen molar-refractivity contribution in [1.82, 2.24) is 10.2 Å². The third kappa shape index (κ3) is 3.09. The molecule has 2 aromatic carbocycles. The van der Waals surface area contributed by atoms with Gasteiger partial charge < -0.3 is 21.1 Å². The van der Waals surface area contributed by atoms with Gasteiger partial charge in [0.25, 0.3) is 5.91 Å². The Balaban J connectivity index is 1.60. The number of aromatic hydroxyl groups is 1. The van der Waals surface area contributed by atoms with Crippen LogP contribution in [0.5, 0.6) is 5.75 Å². The monoisotopic (exact) mass is 351 g/mol. The van der Waals surface area contributed by atoms with E-state index in [9.17, 15) is 9.90 Å². The Morgan fingerprint density at radius 3 is 2.81 bits per heavy atom. The van der Waals surface area contributed by atoms with E-state index in [1.54, 1.807) is 18.2 Å². The van der Waals surface area contributed by atoms with Crippen molar-refractivity contribution < 1.29 is 9.90 Å². The van der Waals surface area contributed by atoms with Gasteiger partial charge in [0, 0.05) is 36.3 Å². The standard InChI is InChI=1S/C19H21N5O2/c20-12-7-9-24(10-8-12)17-4-2-1-3-15(17)19(26)21-18-14-6-5-13(25)11-16(14)22-23-18/h1-6,11-12,25H,7-10,20H2,(H2,21,22,23,26). The number of para-hydroxylation sites is 1. The second-order valence-electron chi connectivity index (χ2n) is 6.60. The van der Waals surface area contributed by atoms with Crippen molar-refractivity contribution >= 4 is 28.3 Å². The van der Waals surface area contributed by atoms with Crippen LogP contribution in [0.3, 0.4) is 0 Å². The third-order valence-electron chi connectivity index (χ3n) is 4.81. The number of nitrogens with one attached hydrogen (secondary N) is 2. The molecule has 7 heteroatoms. The van der Waals surface area contributed by atoms with Crippen LogP contribution in [0, 0.1) is 0 Å². The van der Waals surface area contributed by atoms with Gasteiger partial charge in [-0.05, 0) is 37.1 Å². The molecule has 0 unspecified atom stereocenters. The van der Waals surface area contributed by atoms with E-state index >= 15 is 0 Å². The summed E-state index contributed by atoms with van der Waals surface area (Å²) < 4.78 is 0. The second-order valence-corrected chi connectivity index (χ2v) is 6.60. The van der Waals surface area contributed by atoms with E-state index in [-0.39, 0.29) is 17.7 Å². The number of fused-ring (bicyclic) bond motifs is 1. The molecule has 2 heterocycles. The molecule has 0 atom stereocenters. The number of H-pyrrole nitrogens is 1. The van der Waals surface area contributed by atoms with Gasteiger partial charge in [0.05, 0.1) is 11.1 Å². The lowest BCUT2D eigenvalue weighted by atomic mass is 10.0. The van der Waals surface area contributed by atoms with E-state index in [1.807, 2.05) is 24.3 Å². The first-order valence-corrected chi connectivity index (χ1v) is 8.70. The minimum absolute atomic E-state index is 0.146. The maximum atomic E-state index is 12.9. The molecule has 1 aliphatic rings. The average molecular weight is 351 g/mol. The smallest absolute Gasteiger partial charge is 0.258 e. The Morgan fingerprint density at radius 1 is 1.23 bits per heavy atom. The van der Waals surface area contributed by atoms with Crippen molar-refractivity contribution in [2.24, 2.45) is 5.73 Å². The highest BCUT2D eigenvalue weighted by Gasteiger charge is 2.21. The first kappa shape index (κ1) is 16.4. The van der Waals surface area contributed by atoms with E-state index in [2.05, 4.69) is 20.4 Å². The van der Waals surface area contributed by atoms with Crippen LogP contribution in [0.4, 0.5) is 11.5 Å². The van der Waals surface area contributed by atoms with E-state index < -0.39 is 0 Å². The van der Waals surface area contributed by atoms with Crippen LogP contribution in [-0.4, -0.2) is 40.3 Å². The van der Waals surface area contributed by atoms with Gasteiger partial charge in [0.1, 0.15) is 5.75 Å². The molecular formula is C19H21N5O2. The lowest BCUT2D eigenvalue weighted by molar-refractivity contribution is 0.102. The lowest BCUT2D eigenvalue weighted by Crippen LogP contribution is -2.40. The summed E-state index contributed by atoms with van der Waals surface area (Å²) in [6.07, 6.45) is 1.84. The molecule has 0 saturated carbocycles. The first-order chi connectivity index (χ1) is 12.6. The van der Waals surface area contributed by atoms with Crippen molar-refractivity contribution in [2.45, 2.75) is 18.9 Å². The maximum Gasteiger partial charge on any atom is 0.258 e. The molecule has 0 radical (unpaired) electrons. The molecule has 7 nitrogen and oxygen atoms in total. The molecule has 1 fully saturated rings. The summed E-state index contributed by atoms with van der Waals surface area (Å²) in [6.45, 7) is 1.69. The number of nitrogens with zero attached hydrogens (tertiary/aromatic N) is 2. The number of nitrogens with two attached hydrogens (primary N) is 1. The minimum Gasteiger partial charge on any atom is -0.508 e. The second kappa shape index (κ2) is 6.68. The number of aromatic nitrogens is 2. The molecule has 134 valence electrons. The SMILES string of the molecule is NC1CCN(c2ccccc2C(=O)Nc2n[nH]c3cc(O)ccc23)CC1. The molecule has 0 spiro atoms. The van der Waals surface area contributed by atoms with Crippen molar-refractivity contribution in [3.8, 4) is 5.75 Å². The number of rotatable bonds is 3. The number of phenolic OH excluding ortho intramolecular Hbond substituents is 1. The van der Waals surface area contributed by atoms with Crippen LogP contribution in [0.1, 0.15) is 23.2 Å².